The van der Waals surface area contributed by atoms with Crippen LogP contribution in [-0.2, 0) is 11.2 Å². The molecule has 1 amide bonds. The van der Waals surface area contributed by atoms with Crippen molar-refractivity contribution in [3.05, 3.63) is 35.9 Å². The van der Waals surface area contributed by atoms with Gasteiger partial charge in [0.2, 0.25) is 0 Å². The van der Waals surface area contributed by atoms with Crippen LogP contribution in [0.1, 0.15) is 45.6 Å². The summed E-state index contributed by atoms with van der Waals surface area (Å²) in [6, 6.07) is 10.4. The first-order valence-corrected chi connectivity index (χ1v) is 8.66. The number of hydrogen-bond donors (Lipinski definition) is 2. The van der Waals surface area contributed by atoms with Crippen LogP contribution in [0.5, 0.6) is 0 Å². The van der Waals surface area contributed by atoms with E-state index < -0.39 is 5.60 Å². The smallest absolute Gasteiger partial charge is 0.407 e. The summed E-state index contributed by atoms with van der Waals surface area (Å²) in [7, 11) is 0. The van der Waals surface area contributed by atoms with E-state index in [1.165, 1.54) is 18.4 Å². The zero-order valence-corrected chi connectivity index (χ0v) is 14.6. The number of benzene rings is 1. The molecule has 23 heavy (non-hydrogen) atoms. The van der Waals surface area contributed by atoms with Crippen molar-refractivity contribution in [1.82, 2.24) is 10.6 Å². The Balaban J connectivity index is 1.96. The number of nitrogens with one attached hydrogen (secondary N) is 2. The van der Waals surface area contributed by atoms with Crippen molar-refractivity contribution in [3.8, 4) is 0 Å². The van der Waals surface area contributed by atoms with Gasteiger partial charge in [-0.1, -0.05) is 30.3 Å². The van der Waals surface area contributed by atoms with Gasteiger partial charge in [0.25, 0.3) is 0 Å². The highest BCUT2D eigenvalue weighted by atomic mass is 16.6. The Hall–Kier alpha value is -1.55. The summed E-state index contributed by atoms with van der Waals surface area (Å²) in [5, 5.41) is 6.53. The van der Waals surface area contributed by atoms with E-state index in [4.69, 9.17) is 4.74 Å². The fourth-order valence-corrected chi connectivity index (χ4v) is 3.09. The Kier molecular flexibility index (Phi) is 6.46. The van der Waals surface area contributed by atoms with Crippen LogP contribution in [0.2, 0.25) is 0 Å². The summed E-state index contributed by atoms with van der Waals surface area (Å²) in [5.41, 5.74) is 0.783. The zero-order valence-electron chi connectivity index (χ0n) is 14.6. The molecule has 2 N–H and O–H groups in total. The molecule has 2 unspecified atom stereocenters. The number of carbonyl (C=O) groups is 1. The molecular formula is C19H30N2O2. The molecule has 1 aromatic carbocycles. The fourth-order valence-electron chi connectivity index (χ4n) is 3.09. The third kappa shape index (κ3) is 7.04. The molecule has 4 nitrogen and oxygen atoms in total. The van der Waals surface area contributed by atoms with E-state index >= 15 is 0 Å². The minimum atomic E-state index is -0.465. The number of hydrogen-bond acceptors (Lipinski definition) is 3. The number of ether oxygens (including phenoxy) is 1. The zero-order chi connectivity index (χ0) is 16.7. The highest BCUT2D eigenvalue weighted by Crippen LogP contribution is 2.19. The summed E-state index contributed by atoms with van der Waals surface area (Å²) < 4.78 is 5.43. The lowest BCUT2D eigenvalue weighted by molar-refractivity contribution is 0.0495. The lowest BCUT2D eigenvalue weighted by Crippen LogP contribution is -2.43. The van der Waals surface area contributed by atoms with Crippen LogP contribution in [-0.4, -0.2) is 30.8 Å². The second-order valence-electron chi connectivity index (χ2n) is 7.48. The van der Waals surface area contributed by atoms with E-state index in [0.29, 0.717) is 5.92 Å². The molecule has 4 heteroatoms. The summed E-state index contributed by atoms with van der Waals surface area (Å²) in [6.07, 6.45) is 3.96. The predicted octanol–water partition coefficient (Wildman–Crippen LogP) is 3.51. The molecule has 1 aliphatic rings. The Bertz CT molecular complexity index is 476. The summed E-state index contributed by atoms with van der Waals surface area (Å²) in [6.45, 7) is 7.83. The van der Waals surface area contributed by atoms with Crippen LogP contribution in [0, 0.1) is 5.92 Å². The first kappa shape index (κ1) is 17.8. The molecule has 128 valence electrons. The Morgan fingerprint density at radius 3 is 2.70 bits per heavy atom. The van der Waals surface area contributed by atoms with Gasteiger partial charge in [0.1, 0.15) is 5.60 Å². The minimum Gasteiger partial charge on any atom is -0.444 e. The third-order valence-electron chi connectivity index (χ3n) is 4.06. The largest absolute Gasteiger partial charge is 0.444 e. The Labute approximate surface area is 140 Å². The number of rotatable bonds is 5. The Morgan fingerprint density at radius 2 is 2.09 bits per heavy atom. The molecule has 0 saturated carbocycles. The molecule has 1 saturated heterocycles. The molecule has 0 spiro atoms. The molecule has 0 aliphatic carbocycles. The van der Waals surface area contributed by atoms with Gasteiger partial charge in [-0.25, -0.2) is 4.79 Å². The van der Waals surface area contributed by atoms with E-state index in [1.54, 1.807) is 0 Å². The van der Waals surface area contributed by atoms with Crippen LogP contribution < -0.4 is 10.6 Å². The number of piperidine rings is 1. The lowest BCUT2D eigenvalue weighted by Gasteiger charge is -2.29. The highest BCUT2D eigenvalue weighted by Gasteiger charge is 2.23. The van der Waals surface area contributed by atoms with E-state index in [9.17, 15) is 4.79 Å². The Morgan fingerprint density at radius 1 is 1.35 bits per heavy atom. The summed E-state index contributed by atoms with van der Waals surface area (Å²) >= 11 is 0. The van der Waals surface area contributed by atoms with Gasteiger partial charge in [-0.3, -0.25) is 0 Å². The van der Waals surface area contributed by atoms with Gasteiger partial charge in [-0.15, -0.1) is 0 Å². The van der Waals surface area contributed by atoms with Crippen molar-refractivity contribution in [3.63, 3.8) is 0 Å². The van der Waals surface area contributed by atoms with Crippen molar-refractivity contribution in [2.75, 3.05) is 13.1 Å². The quantitative estimate of drug-likeness (QED) is 0.873. The van der Waals surface area contributed by atoms with Gasteiger partial charge >= 0.3 is 6.09 Å². The monoisotopic (exact) mass is 318 g/mol. The molecule has 0 radical (unpaired) electrons. The SMILES string of the molecule is CC(C)(C)OC(=O)NC(Cc1ccccc1)CC1CCCNC1. The van der Waals surface area contributed by atoms with E-state index in [2.05, 4.69) is 22.8 Å². The van der Waals surface area contributed by atoms with Crippen LogP contribution >= 0.6 is 0 Å². The number of amides is 1. The van der Waals surface area contributed by atoms with E-state index in [1.807, 2.05) is 39.0 Å². The number of carbonyl (C=O) groups excluding carboxylic acids is 1. The molecular weight excluding hydrogens is 288 g/mol. The van der Waals surface area contributed by atoms with Crippen molar-refractivity contribution in [1.29, 1.82) is 0 Å². The second kappa shape index (κ2) is 8.34. The minimum absolute atomic E-state index is 0.108. The van der Waals surface area contributed by atoms with Crippen LogP contribution in [0.3, 0.4) is 0 Å². The molecule has 1 fully saturated rings. The number of alkyl carbamates (subject to hydrolysis) is 1. The van der Waals surface area contributed by atoms with Crippen LogP contribution in [0.15, 0.2) is 30.3 Å². The fraction of sp³-hybridized carbons (Fsp3) is 0.632. The van der Waals surface area contributed by atoms with Crippen molar-refractivity contribution in [2.24, 2.45) is 5.92 Å². The summed E-state index contributed by atoms with van der Waals surface area (Å²) in [5.74, 6) is 0.618. The molecule has 0 bridgehead atoms. The van der Waals surface area contributed by atoms with Crippen molar-refractivity contribution in [2.45, 2.75) is 58.1 Å². The first-order chi connectivity index (χ1) is 10.9. The van der Waals surface area contributed by atoms with Crippen molar-refractivity contribution >= 4 is 6.09 Å². The van der Waals surface area contributed by atoms with Gasteiger partial charge in [0.05, 0.1) is 0 Å². The first-order valence-electron chi connectivity index (χ1n) is 8.66. The van der Waals surface area contributed by atoms with Gasteiger partial charge in [0.15, 0.2) is 0 Å². The van der Waals surface area contributed by atoms with E-state index in [-0.39, 0.29) is 12.1 Å². The highest BCUT2D eigenvalue weighted by molar-refractivity contribution is 5.68. The van der Waals surface area contributed by atoms with Crippen LogP contribution in [0.25, 0.3) is 0 Å². The normalized spacial score (nSPS) is 19.9. The molecule has 1 aromatic rings. The average Bonchev–Trinajstić information content (AvgIpc) is 2.47. The standard InChI is InChI=1S/C19H30N2O2/c1-19(2,3)23-18(22)21-17(12-15-8-5-4-6-9-15)13-16-10-7-11-20-14-16/h4-6,8-9,16-17,20H,7,10-14H2,1-3H3,(H,21,22). The van der Waals surface area contributed by atoms with Crippen molar-refractivity contribution < 1.29 is 9.53 Å². The predicted molar refractivity (Wildman–Crippen MR) is 93.5 cm³/mol. The second-order valence-corrected chi connectivity index (χ2v) is 7.48. The molecule has 1 aliphatic heterocycles. The maximum Gasteiger partial charge on any atom is 0.407 e. The average molecular weight is 318 g/mol. The maximum atomic E-state index is 12.2. The molecule has 0 aromatic heterocycles. The van der Waals surface area contributed by atoms with E-state index in [0.717, 1.165) is 25.9 Å². The third-order valence-corrected chi connectivity index (χ3v) is 4.06. The van der Waals surface area contributed by atoms with Gasteiger partial charge in [-0.2, -0.15) is 0 Å². The molecule has 1 heterocycles. The van der Waals surface area contributed by atoms with Gasteiger partial charge in [0, 0.05) is 6.04 Å². The topological polar surface area (TPSA) is 50.4 Å². The lowest BCUT2D eigenvalue weighted by atomic mass is 9.90. The molecule has 2 atom stereocenters. The van der Waals surface area contributed by atoms with Crippen LogP contribution in [0.4, 0.5) is 4.79 Å². The summed E-state index contributed by atoms with van der Waals surface area (Å²) in [4.78, 5) is 12.2. The molecule has 2 rings (SSSR count). The van der Waals surface area contributed by atoms with Gasteiger partial charge in [-0.05, 0) is 71.0 Å². The maximum absolute atomic E-state index is 12.2. The van der Waals surface area contributed by atoms with Gasteiger partial charge < -0.3 is 15.4 Å².